The maximum absolute atomic E-state index is 12.5. The maximum atomic E-state index is 12.5. The largest absolute Gasteiger partial charge is 0.324 e. The van der Waals surface area contributed by atoms with Gasteiger partial charge >= 0.3 is 0 Å². The molecule has 24 heavy (non-hydrogen) atoms. The van der Waals surface area contributed by atoms with Crippen molar-refractivity contribution in [2.75, 3.05) is 11.9 Å². The minimum atomic E-state index is -0.414. The van der Waals surface area contributed by atoms with Crippen LogP contribution in [-0.2, 0) is 14.4 Å². The molecule has 1 heterocycles. The fraction of sp³-hybridized carbons (Fsp3) is 0.438. The zero-order valence-electron chi connectivity index (χ0n) is 12.5. The van der Waals surface area contributed by atoms with Crippen LogP contribution in [0.5, 0.6) is 0 Å². The maximum Gasteiger partial charge on any atom is 0.244 e. The van der Waals surface area contributed by atoms with Crippen molar-refractivity contribution in [3.63, 3.8) is 0 Å². The molecule has 1 aliphatic heterocycles. The lowest BCUT2D eigenvalue weighted by Crippen LogP contribution is -2.38. The Labute approximate surface area is 161 Å². The van der Waals surface area contributed by atoms with Gasteiger partial charge in [-0.15, -0.1) is 0 Å². The predicted molar refractivity (Wildman–Crippen MR) is 98.4 cm³/mol. The predicted octanol–water partition coefficient (Wildman–Crippen LogP) is 3.20. The summed E-state index contributed by atoms with van der Waals surface area (Å²) in [6, 6.07) is 6.72. The number of nitrogens with one attached hydrogen (secondary N) is 1. The molecule has 0 aromatic heterocycles. The van der Waals surface area contributed by atoms with Crippen molar-refractivity contribution in [3.8, 4) is 0 Å². The van der Waals surface area contributed by atoms with Crippen LogP contribution < -0.4 is 5.32 Å². The first-order chi connectivity index (χ1) is 11.4. The van der Waals surface area contributed by atoms with E-state index in [4.69, 9.17) is 11.6 Å². The minimum Gasteiger partial charge on any atom is -0.324 e. The van der Waals surface area contributed by atoms with Crippen LogP contribution in [0.25, 0.3) is 0 Å². The first kappa shape index (κ1) is 17.9. The van der Waals surface area contributed by atoms with Crippen molar-refractivity contribution in [2.24, 2.45) is 11.8 Å². The second kappa shape index (κ2) is 7.14. The number of alkyl halides is 2. The molecule has 0 unspecified atom stereocenters. The monoisotopic (exact) mass is 476 g/mol. The van der Waals surface area contributed by atoms with Crippen LogP contribution in [0.2, 0.25) is 5.02 Å². The van der Waals surface area contributed by atoms with E-state index in [1.807, 2.05) is 0 Å². The van der Waals surface area contributed by atoms with E-state index in [0.717, 1.165) is 4.90 Å². The van der Waals surface area contributed by atoms with Gasteiger partial charge in [-0.1, -0.05) is 49.5 Å². The van der Waals surface area contributed by atoms with Gasteiger partial charge in [0.05, 0.1) is 11.8 Å². The van der Waals surface area contributed by atoms with Crippen LogP contribution in [-0.4, -0.2) is 38.8 Å². The summed E-state index contributed by atoms with van der Waals surface area (Å²) in [5.74, 6) is -1.60. The molecular weight excluding hydrogens is 463 g/mol. The molecule has 5 nitrogen and oxygen atoms in total. The molecule has 128 valence electrons. The Kier molecular flexibility index (Phi) is 5.32. The Morgan fingerprint density at radius 1 is 1.17 bits per heavy atom. The number of anilines is 1. The fourth-order valence-corrected chi connectivity index (χ4v) is 4.66. The van der Waals surface area contributed by atoms with E-state index in [9.17, 15) is 14.4 Å². The van der Waals surface area contributed by atoms with E-state index in [1.165, 1.54) is 0 Å². The lowest BCUT2D eigenvalue weighted by molar-refractivity contribution is -0.142. The molecule has 8 heteroatoms. The number of amides is 3. The zero-order chi connectivity index (χ0) is 17.4. The third kappa shape index (κ3) is 3.53. The second-order valence-electron chi connectivity index (χ2n) is 6.04. The summed E-state index contributed by atoms with van der Waals surface area (Å²) >= 11 is 13.0. The third-order valence-electron chi connectivity index (χ3n) is 4.41. The average Bonchev–Trinajstić information content (AvgIpc) is 2.73. The highest BCUT2D eigenvalue weighted by Crippen LogP contribution is 2.43. The van der Waals surface area contributed by atoms with Crippen molar-refractivity contribution in [2.45, 2.75) is 22.5 Å². The number of hydrogen-bond donors (Lipinski definition) is 1. The van der Waals surface area contributed by atoms with Gasteiger partial charge in [0.1, 0.15) is 6.54 Å². The highest BCUT2D eigenvalue weighted by Gasteiger charge is 2.52. The smallest absolute Gasteiger partial charge is 0.244 e. The summed E-state index contributed by atoms with van der Waals surface area (Å²) in [5, 5.41) is 3.16. The van der Waals surface area contributed by atoms with Crippen LogP contribution in [0.3, 0.4) is 0 Å². The van der Waals surface area contributed by atoms with Gasteiger partial charge in [-0.25, -0.2) is 0 Å². The summed E-state index contributed by atoms with van der Waals surface area (Å²) in [6.45, 7) is -0.267. The van der Waals surface area contributed by atoms with Gasteiger partial charge in [0.2, 0.25) is 17.7 Å². The van der Waals surface area contributed by atoms with Gasteiger partial charge in [0.15, 0.2) is 0 Å². The Morgan fingerprint density at radius 2 is 1.75 bits per heavy atom. The number of halogens is 3. The Hall–Kier alpha value is -0.920. The lowest BCUT2D eigenvalue weighted by atomic mass is 9.81. The van der Waals surface area contributed by atoms with E-state index >= 15 is 0 Å². The lowest BCUT2D eigenvalue weighted by Gasteiger charge is -2.29. The van der Waals surface area contributed by atoms with Gasteiger partial charge in [-0.2, -0.15) is 0 Å². The van der Waals surface area contributed by atoms with Gasteiger partial charge in [-0.3, -0.25) is 19.3 Å². The molecule has 0 radical (unpaired) electrons. The molecule has 3 amide bonds. The number of nitrogens with zero attached hydrogens (tertiary/aromatic N) is 1. The number of fused-ring (bicyclic) bond motifs is 1. The molecule has 2 aliphatic rings. The van der Waals surface area contributed by atoms with Gasteiger partial charge in [0, 0.05) is 20.4 Å². The standard InChI is InChI=1S/C16H15Br2ClN2O3/c17-12-5-10-11(6-13(12)18)16(24)21(15(10)23)7-14(22)20-9-3-1-2-8(19)4-9/h1-4,10-13H,5-7H2,(H,20,22)/t10-,11+,12-,13-/m0/s1. The molecular formula is C16H15Br2ClN2O3. The van der Waals surface area contributed by atoms with Crippen molar-refractivity contribution in [3.05, 3.63) is 29.3 Å². The number of hydrogen-bond acceptors (Lipinski definition) is 3. The van der Waals surface area contributed by atoms with Gasteiger partial charge in [-0.05, 0) is 31.0 Å². The van der Waals surface area contributed by atoms with E-state index in [2.05, 4.69) is 37.2 Å². The summed E-state index contributed by atoms with van der Waals surface area (Å²) in [5.41, 5.74) is 0.532. The zero-order valence-corrected chi connectivity index (χ0v) is 16.5. The number of rotatable bonds is 3. The Balaban J connectivity index is 1.68. The molecule has 1 saturated heterocycles. The van der Waals surface area contributed by atoms with E-state index < -0.39 is 5.91 Å². The van der Waals surface area contributed by atoms with Gasteiger partial charge in [0.25, 0.3) is 0 Å². The molecule has 4 atom stereocenters. The highest BCUT2D eigenvalue weighted by molar-refractivity contribution is 9.12. The van der Waals surface area contributed by atoms with E-state index in [-0.39, 0.29) is 39.8 Å². The first-order valence-electron chi connectivity index (χ1n) is 7.55. The number of benzene rings is 1. The van der Waals surface area contributed by atoms with Crippen molar-refractivity contribution in [1.29, 1.82) is 0 Å². The van der Waals surface area contributed by atoms with Crippen molar-refractivity contribution in [1.82, 2.24) is 4.90 Å². The molecule has 2 fully saturated rings. The fourth-order valence-electron chi connectivity index (χ4n) is 3.23. The van der Waals surface area contributed by atoms with Crippen LogP contribution in [0.15, 0.2) is 24.3 Å². The molecule has 0 spiro atoms. The molecule has 1 aromatic carbocycles. The highest BCUT2D eigenvalue weighted by atomic mass is 79.9. The normalized spacial score (nSPS) is 29.5. The summed E-state index contributed by atoms with van der Waals surface area (Å²) < 4.78 is 0. The first-order valence-corrected chi connectivity index (χ1v) is 9.76. The van der Waals surface area contributed by atoms with E-state index in [0.29, 0.717) is 23.6 Å². The van der Waals surface area contributed by atoms with Crippen LogP contribution in [0, 0.1) is 11.8 Å². The van der Waals surface area contributed by atoms with Crippen LogP contribution in [0.4, 0.5) is 5.69 Å². The van der Waals surface area contributed by atoms with Gasteiger partial charge < -0.3 is 5.32 Å². The topological polar surface area (TPSA) is 66.5 Å². The number of likely N-dealkylation sites (tertiary alicyclic amines) is 1. The van der Waals surface area contributed by atoms with Crippen LogP contribution in [0.1, 0.15) is 12.8 Å². The minimum absolute atomic E-state index is 0.149. The molecule has 0 bridgehead atoms. The third-order valence-corrected chi connectivity index (χ3v) is 7.38. The SMILES string of the molecule is O=C(CN1C(=O)[C@H]2C[C@H](Br)[C@@H](Br)C[C@H]2C1=O)Nc1cccc(Cl)c1. The Morgan fingerprint density at radius 3 is 2.29 bits per heavy atom. The molecule has 3 rings (SSSR count). The van der Waals surface area contributed by atoms with E-state index in [1.54, 1.807) is 24.3 Å². The quantitative estimate of drug-likeness (QED) is 0.536. The number of carbonyl (C=O) groups excluding carboxylic acids is 3. The summed E-state index contributed by atoms with van der Waals surface area (Å²) in [6.07, 6.45) is 1.19. The molecule has 1 aliphatic carbocycles. The van der Waals surface area contributed by atoms with Crippen molar-refractivity contribution >= 4 is 66.9 Å². The summed E-state index contributed by atoms with van der Waals surface area (Å²) in [4.78, 5) is 38.6. The summed E-state index contributed by atoms with van der Waals surface area (Å²) in [7, 11) is 0. The van der Waals surface area contributed by atoms with Crippen molar-refractivity contribution < 1.29 is 14.4 Å². The number of imide groups is 1. The van der Waals surface area contributed by atoms with Crippen LogP contribution >= 0.6 is 43.5 Å². The molecule has 1 aromatic rings. The second-order valence-corrected chi connectivity index (χ2v) is 8.83. The molecule has 1 saturated carbocycles. The molecule has 1 N–H and O–H groups in total. The Bertz CT molecular complexity index is 672. The average molecular weight is 479 g/mol. The number of carbonyl (C=O) groups is 3.